The molecule has 1 amide bonds. The number of aliphatic hydroxyl groups excluding tert-OH is 2. The number of amides is 1. The average molecular weight is 389 g/mol. The smallest absolute Gasteiger partial charge is 0.240 e. The fourth-order valence-corrected chi connectivity index (χ4v) is 4.12. The predicted octanol–water partition coefficient (Wildman–Crippen LogP) is -0.947. The van der Waals surface area contributed by atoms with E-state index in [9.17, 15) is 20.1 Å². The number of aliphatic hydroxyl groups is 3. The first-order chi connectivity index (χ1) is 13.4. The standard InChI is InChI=1S/C18H23N5O5/c1-2-18(27)14(25)12(8-24)28-17(18)23-9-21-13-10(5-6-20-16(13)23)22-7-3-4-11(22)15(19)26/h2,5-6,9,11-12,14,17,24-25,27H,1,3-4,7-8H2,(H2,19,26)/t11?,12-,14-,17-,18-/m1/s1. The van der Waals surface area contributed by atoms with E-state index in [1.54, 1.807) is 12.3 Å². The number of carbonyl (C=O) groups excluding carboxylic acids is 1. The Kier molecular flexibility index (Phi) is 4.58. The first-order valence-corrected chi connectivity index (χ1v) is 9.10. The largest absolute Gasteiger partial charge is 0.394 e. The normalized spacial score (nSPS) is 32.9. The summed E-state index contributed by atoms with van der Waals surface area (Å²) in [4.78, 5) is 22.5. The van der Waals surface area contributed by atoms with Crippen LogP contribution in [-0.4, -0.2) is 72.8 Å². The number of nitrogens with two attached hydrogens (primary N) is 1. The lowest BCUT2D eigenvalue weighted by atomic mass is 9.94. The molecule has 150 valence electrons. The molecule has 0 aliphatic carbocycles. The highest BCUT2D eigenvalue weighted by molar-refractivity contribution is 5.91. The second-order valence-corrected chi connectivity index (χ2v) is 7.15. The van der Waals surface area contributed by atoms with Crippen molar-refractivity contribution < 1.29 is 24.9 Å². The maximum Gasteiger partial charge on any atom is 0.240 e. The summed E-state index contributed by atoms with van der Waals surface area (Å²) < 4.78 is 7.18. The Balaban J connectivity index is 1.79. The lowest BCUT2D eigenvalue weighted by molar-refractivity contribution is -0.119. The number of ether oxygens (including phenoxy) is 1. The third-order valence-corrected chi connectivity index (χ3v) is 5.61. The second-order valence-electron chi connectivity index (χ2n) is 7.15. The lowest BCUT2D eigenvalue weighted by Gasteiger charge is -2.28. The maximum atomic E-state index is 11.8. The van der Waals surface area contributed by atoms with Crippen molar-refractivity contribution in [3.8, 4) is 0 Å². The Morgan fingerprint density at radius 2 is 2.29 bits per heavy atom. The van der Waals surface area contributed by atoms with Crippen molar-refractivity contribution in [2.45, 2.75) is 42.9 Å². The number of primary amides is 1. The minimum Gasteiger partial charge on any atom is -0.394 e. The number of hydrogen-bond donors (Lipinski definition) is 4. The fourth-order valence-electron chi connectivity index (χ4n) is 4.12. The molecule has 5 N–H and O–H groups in total. The van der Waals surface area contributed by atoms with E-state index < -0.39 is 42.6 Å². The summed E-state index contributed by atoms with van der Waals surface area (Å²) in [5.74, 6) is -0.393. The van der Waals surface area contributed by atoms with Gasteiger partial charge in [-0.25, -0.2) is 9.97 Å². The molecule has 10 nitrogen and oxygen atoms in total. The molecule has 10 heteroatoms. The fraction of sp³-hybridized carbons (Fsp3) is 0.500. The molecule has 28 heavy (non-hydrogen) atoms. The number of pyridine rings is 1. The highest BCUT2D eigenvalue weighted by Gasteiger charge is 2.54. The molecular weight excluding hydrogens is 366 g/mol. The van der Waals surface area contributed by atoms with Crippen LogP contribution in [0.25, 0.3) is 11.2 Å². The Labute approximate surface area is 160 Å². The Bertz CT molecular complexity index is 917. The topological polar surface area (TPSA) is 147 Å². The average Bonchev–Trinajstić information content (AvgIpc) is 3.39. The van der Waals surface area contributed by atoms with Crippen molar-refractivity contribution in [2.75, 3.05) is 18.1 Å². The third kappa shape index (κ3) is 2.60. The molecule has 2 aromatic heterocycles. The lowest BCUT2D eigenvalue weighted by Crippen LogP contribution is -2.45. The van der Waals surface area contributed by atoms with E-state index in [-0.39, 0.29) is 0 Å². The van der Waals surface area contributed by atoms with Gasteiger partial charge in [0.15, 0.2) is 17.5 Å². The van der Waals surface area contributed by atoms with Gasteiger partial charge in [-0.3, -0.25) is 9.36 Å². The molecule has 1 unspecified atom stereocenters. The summed E-state index contributed by atoms with van der Waals surface area (Å²) in [6.45, 7) is 3.80. The van der Waals surface area contributed by atoms with E-state index in [4.69, 9.17) is 10.5 Å². The summed E-state index contributed by atoms with van der Waals surface area (Å²) in [7, 11) is 0. The van der Waals surface area contributed by atoms with Crippen LogP contribution in [0.15, 0.2) is 31.2 Å². The van der Waals surface area contributed by atoms with Gasteiger partial charge in [0.2, 0.25) is 5.91 Å². The van der Waals surface area contributed by atoms with Gasteiger partial charge in [-0.1, -0.05) is 12.7 Å². The van der Waals surface area contributed by atoms with E-state index in [0.29, 0.717) is 29.8 Å². The third-order valence-electron chi connectivity index (χ3n) is 5.61. The molecule has 4 rings (SSSR count). The number of nitrogens with zero attached hydrogens (tertiary/aromatic N) is 4. The number of fused-ring (bicyclic) bond motifs is 1. The molecule has 4 heterocycles. The van der Waals surface area contributed by atoms with Gasteiger partial charge in [0.25, 0.3) is 0 Å². The Morgan fingerprint density at radius 3 is 2.96 bits per heavy atom. The number of hydrogen-bond acceptors (Lipinski definition) is 8. The molecule has 2 fully saturated rings. The van der Waals surface area contributed by atoms with Crippen LogP contribution < -0.4 is 10.6 Å². The summed E-state index contributed by atoms with van der Waals surface area (Å²) >= 11 is 0. The van der Waals surface area contributed by atoms with Crippen molar-refractivity contribution in [1.29, 1.82) is 0 Å². The zero-order chi connectivity index (χ0) is 20.1. The maximum absolute atomic E-state index is 11.8. The van der Waals surface area contributed by atoms with E-state index in [2.05, 4.69) is 16.5 Å². The Morgan fingerprint density at radius 1 is 1.50 bits per heavy atom. The van der Waals surface area contributed by atoms with Crippen molar-refractivity contribution in [1.82, 2.24) is 14.5 Å². The number of carbonyl (C=O) groups is 1. The molecule has 2 saturated heterocycles. The SMILES string of the molecule is C=C[C@@]1(O)[C@H](O)[C@@H](CO)O[C@H]1n1cnc2c(N3CCCC3C(N)=O)ccnc21. The van der Waals surface area contributed by atoms with Crippen LogP contribution in [0.1, 0.15) is 19.1 Å². The summed E-state index contributed by atoms with van der Waals surface area (Å²) in [6.07, 6.45) is 2.31. The monoisotopic (exact) mass is 389 g/mol. The van der Waals surface area contributed by atoms with Gasteiger partial charge in [0.1, 0.15) is 23.8 Å². The molecule has 2 aliphatic rings. The molecule has 2 aliphatic heterocycles. The molecule has 0 bridgehead atoms. The van der Waals surface area contributed by atoms with Crippen molar-refractivity contribution in [3.63, 3.8) is 0 Å². The number of rotatable bonds is 5. The number of imidazole rings is 1. The van der Waals surface area contributed by atoms with Gasteiger partial charge in [-0.2, -0.15) is 0 Å². The van der Waals surface area contributed by atoms with Crippen LogP contribution in [-0.2, 0) is 9.53 Å². The van der Waals surface area contributed by atoms with E-state index in [1.165, 1.54) is 17.0 Å². The van der Waals surface area contributed by atoms with Gasteiger partial charge in [0, 0.05) is 12.7 Å². The van der Waals surface area contributed by atoms with E-state index >= 15 is 0 Å². The molecule has 0 radical (unpaired) electrons. The van der Waals surface area contributed by atoms with E-state index in [1.807, 2.05) is 4.90 Å². The van der Waals surface area contributed by atoms with Crippen LogP contribution in [0.3, 0.4) is 0 Å². The number of aromatic nitrogens is 3. The van der Waals surface area contributed by atoms with Gasteiger partial charge < -0.3 is 30.7 Å². The van der Waals surface area contributed by atoms with Crippen LogP contribution in [0.2, 0.25) is 0 Å². The van der Waals surface area contributed by atoms with E-state index in [0.717, 1.165) is 6.42 Å². The summed E-state index contributed by atoms with van der Waals surface area (Å²) in [6, 6.07) is 1.35. The predicted molar refractivity (Wildman–Crippen MR) is 99.2 cm³/mol. The zero-order valence-corrected chi connectivity index (χ0v) is 15.2. The first-order valence-electron chi connectivity index (χ1n) is 9.10. The Hall–Kier alpha value is -2.53. The van der Waals surface area contributed by atoms with Crippen molar-refractivity contribution in [2.24, 2.45) is 5.73 Å². The van der Waals surface area contributed by atoms with Gasteiger partial charge >= 0.3 is 0 Å². The van der Waals surface area contributed by atoms with Crippen LogP contribution in [0, 0.1) is 0 Å². The highest BCUT2D eigenvalue weighted by atomic mass is 16.6. The zero-order valence-electron chi connectivity index (χ0n) is 15.2. The first kappa shape index (κ1) is 18.8. The molecule has 2 aromatic rings. The van der Waals surface area contributed by atoms with Gasteiger partial charge in [-0.15, -0.1) is 0 Å². The van der Waals surface area contributed by atoms with Crippen molar-refractivity contribution in [3.05, 3.63) is 31.2 Å². The van der Waals surface area contributed by atoms with Crippen molar-refractivity contribution >= 4 is 22.8 Å². The minimum atomic E-state index is -1.83. The quantitative estimate of drug-likeness (QED) is 0.479. The summed E-state index contributed by atoms with van der Waals surface area (Å²) in [5.41, 5.74) is 5.34. The van der Waals surface area contributed by atoms with Crippen LogP contribution in [0.4, 0.5) is 5.69 Å². The molecule has 5 atom stereocenters. The molecule has 0 saturated carbocycles. The van der Waals surface area contributed by atoms with Gasteiger partial charge in [0.05, 0.1) is 18.6 Å². The van der Waals surface area contributed by atoms with Gasteiger partial charge in [-0.05, 0) is 18.9 Å². The molecule has 0 spiro atoms. The summed E-state index contributed by atoms with van der Waals surface area (Å²) in [5, 5.41) is 30.7. The second kappa shape index (κ2) is 6.82. The minimum absolute atomic E-state index is 0.393. The highest BCUT2D eigenvalue weighted by Crippen LogP contribution is 2.41. The number of anilines is 1. The molecule has 0 aromatic carbocycles. The molecular formula is C18H23N5O5. The van der Waals surface area contributed by atoms with Crippen LogP contribution in [0.5, 0.6) is 0 Å². The van der Waals surface area contributed by atoms with Crippen LogP contribution >= 0.6 is 0 Å².